The molecule has 1 saturated carbocycles. The van der Waals surface area contributed by atoms with Gasteiger partial charge in [0.2, 0.25) is 11.8 Å². The zero-order valence-corrected chi connectivity index (χ0v) is 34.8. The number of nitriles is 1. The van der Waals surface area contributed by atoms with Crippen LogP contribution in [0.2, 0.25) is 5.02 Å². The number of imide groups is 1. The smallest absolute Gasteiger partial charge is 0.259 e. The quantitative estimate of drug-likeness (QED) is 0.155. The highest BCUT2D eigenvalue weighted by molar-refractivity contribution is 7.81. The third kappa shape index (κ3) is 8.66. The Morgan fingerprint density at radius 2 is 1.74 bits per heavy atom. The molecule has 0 aromatic heterocycles. The fraction of sp³-hybridized carbons (Fsp3) is 0.455. The fourth-order valence-electron chi connectivity index (χ4n) is 8.53. The van der Waals surface area contributed by atoms with Crippen molar-refractivity contribution in [3.05, 3.63) is 87.7 Å². The molecule has 11 nitrogen and oxygen atoms in total. The van der Waals surface area contributed by atoms with E-state index in [1.54, 1.807) is 30.3 Å². The van der Waals surface area contributed by atoms with Crippen LogP contribution in [-0.4, -0.2) is 88.8 Å². The van der Waals surface area contributed by atoms with Crippen LogP contribution < -0.4 is 19.9 Å². The third-order valence-electron chi connectivity index (χ3n) is 11.8. The van der Waals surface area contributed by atoms with Crippen LogP contribution in [0.1, 0.15) is 81.5 Å². The van der Waals surface area contributed by atoms with E-state index in [1.807, 2.05) is 36.9 Å². The van der Waals surface area contributed by atoms with E-state index in [-0.39, 0.29) is 65.9 Å². The molecule has 1 unspecified atom stereocenters. The number of hydrogen-bond acceptors (Lipinski definition) is 9. The minimum absolute atomic E-state index is 0.0355. The van der Waals surface area contributed by atoms with E-state index in [2.05, 4.69) is 35.0 Å². The Hall–Kier alpha value is -4.74. The lowest BCUT2D eigenvalue weighted by Crippen LogP contribution is -2.58. The van der Waals surface area contributed by atoms with Crippen LogP contribution >= 0.6 is 23.8 Å². The maximum atomic E-state index is 14.8. The number of carbonyl (C=O) groups is 4. The average Bonchev–Trinajstić information content (AvgIpc) is 4.00. The van der Waals surface area contributed by atoms with Crippen LogP contribution in [0, 0.1) is 23.1 Å². The van der Waals surface area contributed by atoms with Gasteiger partial charge in [-0.25, -0.2) is 4.39 Å². The Balaban J connectivity index is 0.939. The summed E-state index contributed by atoms with van der Waals surface area (Å²) >= 11 is 12.2. The Morgan fingerprint density at radius 3 is 2.41 bits per heavy atom. The predicted molar refractivity (Wildman–Crippen MR) is 223 cm³/mol. The van der Waals surface area contributed by atoms with E-state index < -0.39 is 11.4 Å². The van der Waals surface area contributed by atoms with Gasteiger partial charge in [0.25, 0.3) is 5.91 Å². The first kappa shape index (κ1) is 41.4. The van der Waals surface area contributed by atoms with Crippen molar-refractivity contribution in [1.82, 2.24) is 15.1 Å². The number of hydrogen-bond donors (Lipinski definition) is 1. The molecule has 3 atom stereocenters. The topological polar surface area (TPSA) is 126 Å². The molecule has 1 N–H and O–H groups in total. The predicted octanol–water partition coefficient (Wildman–Crippen LogP) is 6.33. The van der Waals surface area contributed by atoms with Crippen molar-refractivity contribution in [3.8, 4) is 11.8 Å². The number of amides is 3. The number of benzene rings is 3. The summed E-state index contributed by atoms with van der Waals surface area (Å²) in [6.45, 7) is 10.8. The second kappa shape index (κ2) is 16.9. The van der Waals surface area contributed by atoms with Crippen LogP contribution in [0.4, 0.5) is 15.8 Å². The molecule has 4 fully saturated rings. The normalized spacial score (nSPS) is 22.6. The van der Waals surface area contributed by atoms with Crippen molar-refractivity contribution < 1.29 is 28.3 Å². The van der Waals surface area contributed by atoms with E-state index in [1.165, 1.54) is 11.0 Å². The molecule has 14 heteroatoms. The minimum Gasteiger partial charge on any atom is -0.492 e. The number of ketones is 1. The Morgan fingerprint density at radius 1 is 1.02 bits per heavy atom. The first-order valence-corrected chi connectivity index (χ1v) is 20.7. The van der Waals surface area contributed by atoms with Gasteiger partial charge in [-0.2, -0.15) is 5.26 Å². The molecule has 3 heterocycles. The number of thiocarbonyl (C=S) groups is 1. The summed E-state index contributed by atoms with van der Waals surface area (Å²) in [5.41, 5.74) is 2.84. The third-order valence-corrected chi connectivity index (χ3v) is 12.5. The monoisotopic (exact) mass is 826 g/mol. The van der Waals surface area contributed by atoms with Crippen molar-refractivity contribution in [2.75, 3.05) is 42.6 Å². The van der Waals surface area contributed by atoms with Crippen molar-refractivity contribution >= 4 is 63.8 Å². The van der Waals surface area contributed by atoms with Gasteiger partial charge in [-0.05, 0) is 131 Å². The highest BCUT2D eigenvalue weighted by Crippen LogP contribution is 2.47. The second-order valence-corrected chi connectivity index (χ2v) is 17.3. The molecule has 7 rings (SSSR count). The maximum absolute atomic E-state index is 14.8. The molecule has 3 aromatic rings. The Labute approximate surface area is 349 Å². The lowest BCUT2D eigenvalue weighted by molar-refractivity contribution is -0.136. The molecule has 3 aromatic carbocycles. The molecular weight excluding hydrogens is 779 g/mol. The average molecular weight is 827 g/mol. The second-order valence-electron chi connectivity index (χ2n) is 16.6. The number of rotatable bonds is 13. The standard InChI is InChI=1S/C44H48ClFN6O5S/c1-26-23-49(24-27(2)50(26)25-35(53)19-32-18-28(5-12-38(32)46)17-30-9-14-40(54)48-41(30)55)15-16-57-39-13-11-34(20-36(39)29-6-7-29)52-43(58)51(42(56)44(52,3)4)33-10-8-31(22-47)37(45)21-33/h5,8,10-13,18,20-21,26-27,29-30H,6-7,9,14-17,19,23-25H2,1-4H3,(H,48,54,55)/t26-,27+,30?. The molecule has 3 amide bonds. The summed E-state index contributed by atoms with van der Waals surface area (Å²) in [6, 6.07) is 17.8. The lowest BCUT2D eigenvalue weighted by atomic mass is 9.90. The van der Waals surface area contributed by atoms with Crippen LogP contribution in [-0.2, 0) is 32.0 Å². The summed E-state index contributed by atoms with van der Waals surface area (Å²) in [4.78, 5) is 58.8. The number of anilines is 2. The van der Waals surface area contributed by atoms with E-state index >= 15 is 0 Å². The molecule has 3 saturated heterocycles. The molecule has 1 aliphatic carbocycles. The zero-order chi connectivity index (χ0) is 41.5. The molecule has 0 spiro atoms. The van der Waals surface area contributed by atoms with Gasteiger partial charge in [-0.15, -0.1) is 0 Å². The summed E-state index contributed by atoms with van der Waals surface area (Å²) < 4.78 is 21.3. The highest BCUT2D eigenvalue weighted by atomic mass is 35.5. The molecular formula is C44H48ClFN6O5S. The van der Waals surface area contributed by atoms with Gasteiger partial charge in [0.1, 0.15) is 29.8 Å². The van der Waals surface area contributed by atoms with Gasteiger partial charge in [0, 0.05) is 56.2 Å². The molecule has 4 aliphatic rings. The number of piperidine rings is 1. The van der Waals surface area contributed by atoms with Gasteiger partial charge in [-0.1, -0.05) is 23.7 Å². The first-order chi connectivity index (χ1) is 27.6. The minimum atomic E-state index is -0.971. The van der Waals surface area contributed by atoms with Gasteiger partial charge in [0.15, 0.2) is 10.9 Å². The van der Waals surface area contributed by atoms with Crippen molar-refractivity contribution in [2.45, 2.75) is 89.8 Å². The van der Waals surface area contributed by atoms with E-state index in [0.717, 1.165) is 48.5 Å². The van der Waals surface area contributed by atoms with Gasteiger partial charge < -0.3 is 9.64 Å². The number of Topliss-reactive ketones (excluding diaryl/α,β-unsaturated/α-hetero) is 1. The van der Waals surface area contributed by atoms with Crippen molar-refractivity contribution in [2.24, 2.45) is 5.92 Å². The van der Waals surface area contributed by atoms with Crippen LogP contribution in [0.5, 0.6) is 5.75 Å². The summed E-state index contributed by atoms with van der Waals surface area (Å²) in [5.74, 6) is -0.466. The van der Waals surface area contributed by atoms with Gasteiger partial charge >= 0.3 is 0 Å². The molecule has 0 radical (unpaired) electrons. The van der Waals surface area contributed by atoms with Crippen LogP contribution in [0.15, 0.2) is 54.6 Å². The van der Waals surface area contributed by atoms with Crippen molar-refractivity contribution in [1.29, 1.82) is 5.26 Å². The Bertz CT molecular complexity index is 2190. The van der Waals surface area contributed by atoms with E-state index in [9.17, 15) is 28.8 Å². The van der Waals surface area contributed by atoms with Gasteiger partial charge in [-0.3, -0.25) is 39.2 Å². The maximum Gasteiger partial charge on any atom is 0.259 e. The number of halogens is 2. The van der Waals surface area contributed by atoms with Crippen LogP contribution in [0.3, 0.4) is 0 Å². The molecule has 0 bridgehead atoms. The summed E-state index contributed by atoms with van der Waals surface area (Å²) in [5, 5.41) is 12.3. The molecule has 58 heavy (non-hydrogen) atoms. The number of nitrogens with one attached hydrogen (secondary N) is 1. The fourth-order valence-corrected chi connectivity index (χ4v) is 9.27. The molecule has 304 valence electrons. The number of carbonyl (C=O) groups excluding carboxylic acids is 4. The van der Waals surface area contributed by atoms with E-state index in [0.29, 0.717) is 53.8 Å². The highest BCUT2D eigenvalue weighted by Gasteiger charge is 2.50. The zero-order valence-electron chi connectivity index (χ0n) is 33.2. The summed E-state index contributed by atoms with van der Waals surface area (Å²) in [7, 11) is 0. The Kier molecular flexibility index (Phi) is 12.0. The van der Waals surface area contributed by atoms with Crippen molar-refractivity contribution in [3.63, 3.8) is 0 Å². The number of ether oxygens (including phenoxy) is 1. The van der Waals surface area contributed by atoms with Gasteiger partial charge in [0.05, 0.1) is 22.8 Å². The SMILES string of the molecule is C[C@@H]1CN(CCOc2ccc(N3C(=S)N(c4ccc(C#N)c(Cl)c4)C(=O)C3(C)C)cc2C2CC2)C[C@H](C)N1CC(=O)Cc1cc(CC2CCC(=O)NC2=O)ccc1F. The first-order valence-electron chi connectivity index (χ1n) is 19.9. The lowest BCUT2D eigenvalue weighted by Gasteiger charge is -2.44. The molecule has 3 aliphatic heterocycles. The van der Waals surface area contributed by atoms with E-state index in [4.69, 9.17) is 28.6 Å². The number of piperazine rings is 1. The summed E-state index contributed by atoms with van der Waals surface area (Å²) in [6.07, 6.45) is 3.20. The number of nitrogens with zero attached hydrogens (tertiary/aromatic N) is 5. The van der Waals surface area contributed by atoms with Crippen LogP contribution in [0.25, 0.3) is 0 Å². The largest absolute Gasteiger partial charge is 0.492 e.